The van der Waals surface area contributed by atoms with Crippen molar-refractivity contribution in [3.63, 3.8) is 0 Å². The van der Waals surface area contributed by atoms with Crippen LogP contribution >= 0.6 is 0 Å². The zero-order valence-electron chi connectivity index (χ0n) is 18.6. The predicted molar refractivity (Wildman–Crippen MR) is 116 cm³/mol. The quantitative estimate of drug-likeness (QED) is 0.658. The number of likely N-dealkylation sites (tertiary alicyclic amines) is 1. The van der Waals surface area contributed by atoms with Crippen molar-refractivity contribution < 1.29 is 9.53 Å². The Labute approximate surface area is 176 Å². The summed E-state index contributed by atoms with van der Waals surface area (Å²) in [6.45, 7) is 7.53. The van der Waals surface area contributed by atoms with E-state index < -0.39 is 0 Å². The standard InChI is InChI=1S/C26H37NO2/c1-17-14-22-26(3,13-11-23(28)27(22)4)20-10-12-25(2)16-19(15-21(25)24(17)20)29-18-8-6-5-7-9-18/h5-9,17,19-22,24H,10-16H2,1-4H3/t17?,19?,20-,21+,22?,24-,25-,26-/m1/s1. The lowest BCUT2D eigenvalue weighted by Gasteiger charge is -2.63. The Hall–Kier alpha value is -1.51. The number of hydrogen-bond acceptors (Lipinski definition) is 2. The second-order valence-electron chi connectivity index (χ2n) is 11.2. The molecule has 3 saturated carbocycles. The molecule has 158 valence electrons. The van der Waals surface area contributed by atoms with E-state index in [0.717, 1.165) is 36.3 Å². The lowest BCUT2D eigenvalue weighted by atomic mass is 9.45. The van der Waals surface area contributed by atoms with Gasteiger partial charge in [0, 0.05) is 19.5 Å². The monoisotopic (exact) mass is 395 g/mol. The summed E-state index contributed by atoms with van der Waals surface area (Å²) in [6, 6.07) is 10.8. The third kappa shape index (κ3) is 2.94. The van der Waals surface area contributed by atoms with Gasteiger partial charge >= 0.3 is 0 Å². The smallest absolute Gasteiger partial charge is 0.222 e. The minimum Gasteiger partial charge on any atom is -0.490 e. The molecule has 1 heterocycles. The van der Waals surface area contributed by atoms with Gasteiger partial charge in [-0.15, -0.1) is 0 Å². The molecule has 0 N–H and O–H groups in total. The SMILES string of the molecule is CC1CC2N(C)C(=O)CC[C@]2(C)[C@@H]2CC[C@]3(C)CC(Oc4ccccc4)C[C@H]3[C@H]12. The zero-order chi connectivity index (χ0) is 20.4. The molecule has 3 unspecified atom stereocenters. The zero-order valence-corrected chi connectivity index (χ0v) is 18.6. The molecule has 4 fully saturated rings. The van der Waals surface area contributed by atoms with Crippen molar-refractivity contribution in [2.24, 2.45) is 34.5 Å². The predicted octanol–water partition coefficient (Wildman–Crippen LogP) is 5.54. The fraction of sp³-hybridized carbons (Fsp3) is 0.731. The third-order valence-corrected chi connectivity index (χ3v) is 9.71. The topological polar surface area (TPSA) is 29.5 Å². The van der Waals surface area contributed by atoms with E-state index in [-0.39, 0.29) is 0 Å². The molecule has 8 atom stereocenters. The average Bonchev–Trinajstić information content (AvgIpc) is 3.03. The number of amides is 1. The van der Waals surface area contributed by atoms with Gasteiger partial charge in [0.15, 0.2) is 0 Å². The fourth-order valence-electron chi connectivity index (χ4n) is 8.24. The van der Waals surface area contributed by atoms with Gasteiger partial charge in [-0.3, -0.25) is 4.79 Å². The summed E-state index contributed by atoms with van der Waals surface area (Å²) >= 11 is 0. The lowest BCUT2D eigenvalue weighted by Crippen LogP contribution is -2.62. The minimum absolute atomic E-state index is 0.291. The van der Waals surface area contributed by atoms with Gasteiger partial charge in [0.05, 0.1) is 6.10 Å². The first kappa shape index (κ1) is 19.5. The molecule has 1 aliphatic heterocycles. The van der Waals surface area contributed by atoms with E-state index in [4.69, 9.17) is 4.74 Å². The highest BCUT2D eigenvalue weighted by Crippen LogP contribution is 2.66. The normalized spacial score (nSPS) is 46.6. The molecule has 0 bridgehead atoms. The Bertz CT molecular complexity index is 778. The van der Waals surface area contributed by atoms with Gasteiger partial charge in [-0.05, 0) is 85.2 Å². The lowest BCUT2D eigenvalue weighted by molar-refractivity contribution is -0.164. The van der Waals surface area contributed by atoms with Gasteiger partial charge in [-0.2, -0.15) is 0 Å². The van der Waals surface area contributed by atoms with Gasteiger partial charge in [-0.1, -0.05) is 39.0 Å². The van der Waals surface area contributed by atoms with Crippen LogP contribution in [0.3, 0.4) is 0 Å². The second kappa shape index (κ2) is 6.75. The number of fused-ring (bicyclic) bond motifs is 5. The van der Waals surface area contributed by atoms with Gasteiger partial charge in [0.1, 0.15) is 5.75 Å². The fourth-order valence-corrected chi connectivity index (χ4v) is 8.24. The van der Waals surface area contributed by atoms with Crippen molar-refractivity contribution in [3.8, 4) is 5.75 Å². The maximum atomic E-state index is 12.4. The maximum absolute atomic E-state index is 12.4. The Balaban J connectivity index is 1.41. The largest absolute Gasteiger partial charge is 0.490 e. The van der Waals surface area contributed by atoms with Crippen LogP contribution in [0.1, 0.15) is 65.7 Å². The molecule has 1 saturated heterocycles. The van der Waals surface area contributed by atoms with Crippen molar-refractivity contribution >= 4 is 5.91 Å². The van der Waals surface area contributed by atoms with E-state index >= 15 is 0 Å². The summed E-state index contributed by atoms with van der Waals surface area (Å²) in [4.78, 5) is 14.5. The van der Waals surface area contributed by atoms with Crippen LogP contribution in [0.2, 0.25) is 0 Å². The molecule has 1 amide bonds. The molecule has 0 spiro atoms. The number of ether oxygens (including phenoxy) is 1. The van der Waals surface area contributed by atoms with Gasteiger partial charge in [0.2, 0.25) is 5.91 Å². The van der Waals surface area contributed by atoms with Crippen LogP contribution in [-0.2, 0) is 4.79 Å². The Morgan fingerprint density at radius 1 is 1.07 bits per heavy atom. The maximum Gasteiger partial charge on any atom is 0.222 e. The first-order valence-corrected chi connectivity index (χ1v) is 11.8. The number of nitrogens with zero attached hydrogens (tertiary/aromatic N) is 1. The Morgan fingerprint density at radius 2 is 1.83 bits per heavy atom. The van der Waals surface area contributed by atoms with Gasteiger partial charge in [0.25, 0.3) is 0 Å². The van der Waals surface area contributed by atoms with E-state index in [9.17, 15) is 4.79 Å². The van der Waals surface area contributed by atoms with E-state index in [0.29, 0.717) is 34.8 Å². The summed E-state index contributed by atoms with van der Waals surface area (Å²) in [5.74, 6) is 4.35. The summed E-state index contributed by atoms with van der Waals surface area (Å²) in [6.07, 6.45) is 8.39. The molecule has 1 aromatic rings. The number of carbonyl (C=O) groups is 1. The average molecular weight is 396 g/mol. The van der Waals surface area contributed by atoms with Crippen molar-refractivity contribution in [2.45, 2.75) is 77.9 Å². The molecular formula is C26H37NO2. The number of para-hydroxylation sites is 1. The minimum atomic E-state index is 0.291. The van der Waals surface area contributed by atoms with Crippen LogP contribution in [-0.4, -0.2) is 30.0 Å². The summed E-state index contributed by atoms with van der Waals surface area (Å²) in [5.41, 5.74) is 0.702. The third-order valence-electron chi connectivity index (χ3n) is 9.71. The number of hydrogen-bond donors (Lipinski definition) is 0. The van der Waals surface area contributed by atoms with Crippen molar-refractivity contribution in [2.75, 3.05) is 7.05 Å². The Morgan fingerprint density at radius 3 is 2.59 bits per heavy atom. The first-order valence-electron chi connectivity index (χ1n) is 11.8. The highest BCUT2D eigenvalue weighted by Gasteiger charge is 2.62. The number of rotatable bonds is 2. The van der Waals surface area contributed by atoms with Crippen molar-refractivity contribution in [3.05, 3.63) is 30.3 Å². The van der Waals surface area contributed by atoms with Gasteiger partial charge in [-0.25, -0.2) is 0 Å². The van der Waals surface area contributed by atoms with Crippen molar-refractivity contribution in [1.82, 2.24) is 4.90 Å². The highest BCUT2D eigenvalue weighted by molar-refractivity contribution is 5.77. The summed E-state index contributed by atoms with van der Waals surface area (Å²) in [7, 11) is 2.06. The second-order valence-corrected chi connectivity index (χ2v) is 11.2. The molecule has 1 aromatic carbocycles. The molecule has 3 heteroatoms. The van der Waals surface area contributed by atoms with E-state index in [1.54, 1.807) is 0 Å². The van der Waals surface area contributed by atoms with Gasteiger partial charge < -0.3 is 9.64 Å². The molecule has 5 rings (SSSR count). The Kier molecular flexibility index (Phi) is 4.53. The van der Waals surface area contributed by atoms with E-state index in [2.05, 4.69) is 63.1 Å². The number of benzene rings is 1. The van der Waals surface area contributed by atoms with Crippen LogP contribution in [0.15, 0.2) is 30.3 Å². The number of carbonyl (C=O) groups excluding carboxylic acids is 1. The number of piperidine rings is 1. The molecule has 0 radical (unpaired) electrons. The van der Waals surface area contributed by atoms with Crippen molar-refractivity contribution in [1.29, 1.82) is 0 Å². The highest BCUT2D eigenvalue weighted by atomic mass is 16.5. The van der Waals surface area contributed by atoms with E-state index in [1.807, 2.05) is 0 Å². The van der Waals surface area contributed by atoms with E-state index in [1.165, 1.54) is 32.1 Å². The molecule has 4 aliphatic rings. The van der Waals surface area contributed by atoms with Crippen LogP contribution in [0, 0.1) is 34.5 Å². The molecule has 3 nitrogen and oxygen atoms in total. The molecular weight excluding hydrogens is 358 g/mol. The molecule has 3 aliphatic carbocycles. The summed E-state index contributed by atoms with van der Waals surface area (Å²) < 4.78 is 6.46. The molecule has 0 aromatic heterocycles. The molecule has 29 heavy (non-hydrogen) atoms. The first-order chi connectivity index (χ1) is 13.8. The summed E-state index contributed by atoms with van der Waals surface area (Å²) in [5, 5.41) is 0. The van der Waals surface area contributed by atoms with Crippen LogP contribution < -0.4 is 4.74 Å². The van der Waals surface area contributed by atoms with Crippen LogP contribution in [0.5, 0.6) is 5.75 Å². The van der Waals surface area contributed by atoms with Crippen LogP contribution in [0.4, 0.5) is 0 Å². The van der Waals surface area contributed by atoms with Crippen LogP contribution in [0.25, 0.3) is 0 Å².